The van der Waals surface area contributed by atoms with E-state index in [1.165, 1.54) is 18.4 Å². The molecule has 1 saturated heterocycles. The molecule has 22 heavy (non-hydrogen) atoms. The molecule has 0 unspecified atom stereocenters. The smallest absolute Gasteiger partial charge is 0.237 e. The van der Waals surface area contributed by atoms with Crippen LogP contribution in [0.1, 0.15) is 48.9 Å². The van der Waals surface area contributed by atoms with Crippen LogP contribution in [0.5, 0.6) is 5.75 Å². The molecule has 2 aromatic rings. The predicted octanol–water partition coefficient (Wildman–Crippen LogP) is 3.05. The second kappa shape index (κ2) is 5.39. The molecule has 0 N–H and O–H groups in total. The second-order valence-electron chi connectivity index (χ2n) is 6.15. The Morgan fingerprint density at radius 1 is 1.14 bits per heavy atom. The minimum absolute atomic E-state index is 0.231. The summed E-state index contributed by atoms with van der Waals surface area (Å²) < 4.78 is 16.5. The number of benzene rings is 1. The molecule has 0 radical (unpaired) electrons. The maximum atomic E-state index is 5.67. The topological polar surface area (TPSA) is 57.4 Å². The SMILES string of the molecule is COc1ccc(C2(c3nc(C4CC4)no3)CCOCC2)cc1. The first-order chi connectivity index (χ1) is 10.8. The van der Waals surface area contributed by atoms with Crippen LogP contribution in [0, 0.1) is 0 Å². The first-order valence-electron chi connectivity index (χ1n) is 7.88. The van der Waals surface area contributed by atoms with Gasteiger partial charge in [-0.3, -0.25) is 0 Å². The zero-order valence-corrected chi connectivity index (χ0v) is 12.7. The highest BCUT2D eigenvalue weighted by Crippen LogP contribution is 2.43. The van der Waals surface area contributed by atoms with Crippen LogP contribution in [-0.2, 0) is 10.2 Å². The molecule has 2 fully saturated rings. The fourth-order valence-corrected chi connectivity index (χ4v) is 3.19. The fourth-order valence-electron chi connectivity index (χ4n) is 3.19. The van der Waals surface area contributed by atoms with Gasteiger partial charge in [-0.05, 0) is 43.4 Å². The van der Waals surface area contributed by atoms with Gasteiger partial charge in [-0.25, -0.2) is 0 Å². The van der Waals surface area contributed by atoms with Crippen LogP contribution >= 0.6 is 0 Å². The molecular weight excluding hydrogens is 280 g/mol. The lowest BCUT2D eigenvalue weighted by atomic mass is 9.74. The van der Waals surface area contributed by atoms with E-state index in [1.54, 1.807) is 7.11 Å². The summed E-state index contributed by atoms with van der Waals surface area (Å²) >= 11 is 0. The molecule has 0 amide bonds. The minimum Gasteiger partial charge on any atom is -0.497 e. The van der Waals surface area contributed by atoms with E-state index in [9.17, 15) is 0 Å². The first kappa shape index (κ1) is 13.8. The van der Waals surface area contributed by atoms with Gasteiger partial charge in [0.05, 0.1) is 12.5 Å². The molecule has 1 saturated carbocycles. The third-order valence-electron chi connectivity index (χ3n) is 4.78. The molecule has 0 atom stereocenters. The van der Waals surface area contributed by atoms with Crippen molar-refractivity contribution in [1.29, 1.82) is 0 Å². The average Bonchev–Trinajstić information content (AvgIpc) is 3.32. The lowest BCUT2D eigenvalue weighted by Gasteiger charge is -2.34. The number of hydrogen-bond acceptors (Lipinski definition) is 5. The molecular formula is C17H20N2O3. The Kier molecular flexibility index (Phi) is 3.37. The minimum atomic E-state index is -0.231. The maximum absolute atomic E-state index is 5.67. The second-order valence-corrected chi connectivity index (χ2v) is 6.15. The van der Waals surface area contributed by atoms with Crippen molar-refractivity contribution in [3.63, 3.8) is 0 Å². The quantitative estimate of drug-likeness (QED) is 0.868. The molecule has 0 bridgehead atoms. The van der Waals surface area contributed by atoms with Gasteiger partial charge < -0.3 is 14.0 Å². The predicted molar refractivity (Wildman–Crippen MR) is 80.1 cm³/mol. The fraction of sp³-hybridized carbons (Fsp3) is 0.529. The van der Waals surface area contributed by atoms with Crippen LogP contribution in [0.3, 0.4) is 0 Å². The van der Waals surface area contributed by atoms with Crippen molar-refractivity contribution in [2.24, 2.45) is 0 Å². The van der Waals surface area contributed by atoms with Crippen molar-refractivity contribution >= 4 is 0 Å². The molecule has 1 aliphatic heterocycles. The zero-order chi connectivity index (χ0) is 15.0. The van der Waals surface area contributed by atoms with Crippen molar-refractivity contribution in [2.75, 3.05) is 20.3 Å². The van der Waals surface area contributed by atoms with Crippen LogP contribution in [0.2, 0.25) is 0 Å². The van der Waals surface area contributed by atoms with E-state index in [0.29, 0.717) is 19.1 Å². The molecule has 1 aromatic carbocycles. The summed E-state index contributed by atoms with van der Waals surface area (Å²) in [5.74, 6) is 2.97. The van der Waals surface area contributed by atoms with E-state index in [4.69, 9.17) is 19.0 Å². The first-order valence-corrected chi connectivity index (χ1v) is 7.88. The highest BCUT2D eigenvalue weighted by Gasteiger charge is 2.42. The molecule has 0 spiro atoms. The van der Waals surface area contributed by atoms with Gasteiger partial charge in [-0.15, -0.1) is 0 Å². The summed E-state index contributed by atoms with van der Waals surface area (Å²) in [5, 5.41) is 4.21. The van der Waals surface area contributed by atoms with Gasteiger partial charge >= 0.3 is 0 Å². The molecule has 116 valence electrons. The molecule has 5 heteroatoms. The highest BCUT2D eigenvalue weighted by molar-refractivity contribution is 5.37. The molecule has 1 aliphatic carbocycles. The van der Waals surface area contributed by atoms with Crippen molar-refractivity contribution in [3.8, 4) is 5.75 Å². The largest absolute Gasteiger partial charge is 0.497 e. The van der Waals surface area contributed by atoms with Crippen LogP contribution in [0.15, 0.2) is 28.8 Å². The third kappa shape index (κ3) is 2.29. The molecule has 1 aromatic heterocycles. The summed E-state index contributed by atoms with van der Waals surface area (Å²) in [6, 6.07) is 8.19. The Labute approximate surface area is 129 Å². The van der Waals surface area contributed by atoms with E-state index in [0.717, 1.165) is 30.3 Å². The van der Waals surface area contributed by atoms with Crippen LogP contribution < -0.4 is 4.74 Å². The van der Waals surface area contributed by atoms with Gasteiger partial charge in [0.1, 0.15) is 5.75 Å². The summed E-state index contributed by atoms with van der Waals surface area (Å²) in [7, 11) is 1.68. The van der Waals surface area contributed by atoms with Crippen molar-refractivity contribution in [3.05, 3.63) is 41.5 Å². The third-order valence-corrected chi connectivity index (χ3v) is 4.78. The lowest BCUT2D eigenvalue weighted by molar-refractivity contribution is 0.0523. The van der Waals surface area contributed by atoms with Gasteiger partial charge in [-0.2, -0.15) is 4.98 Å². The Balaban J connectivity index is 1.73. The molecule has 2 aliphatic rings. The van der Waals surface area contributed by atoms with E-state index in [-0.39, 0.29) is 5.41 Å². The molecule has 2 heterocycles. The normalized spacial score (nSPS) is 20.8. The van der Waals surface area contributed by atoms with E-state index in [1.807, 2.05) is 12.1 Å². The Hall–Kier alpha value is -1.88. The maximum Gasteiger partial charge on any atom is 0.237 e. The molecule has 4 rings (SSSR count). The monoisotopic (exact) mass is 300 g/mol. The number of hydrogen-bond donors (Lipinski definition) is 0. The van der Waals surface area contributed by atoms with E-state index in [2.05, 4.69) is 17.3 Å². The van der Waals surface area contributed by atoms with Crippen LogP contribution in [-0.4, -0.2) is 30.5 Å². The lowest BCUT2D eigenvalue weighted by Crippen LogP contribution is -2.35. The van der Waals surface area contributed by atoms with Gasteiger partial charge in [0, 0.05) is 19.1 Å². The summed E-state index contributed by atoms with van der Waals surface area (Å²) in [6.45, 7) is 1.43. The summed E-state index contributed by atoms with van der Waals surface area (Å²) in [4.78, 5) is 4.72. The van der Waals surface area contributed by atoms with E-state index >= 15 is 0 Å². The van der Waals surface area contributed by atoms with Crippen LogP contribution in [0.25, 0.3) is 0 Å². The summed E-state index contributed by atoms with van der Waals surface area (Å²) in [6.07, 6.45) is 4.09. The number of nitrogens with zero attached hydrogens (tertiary/aromatic N) is 2. The Morgan fingerprint density at radius 2 is 1.86 bits per heavy atom. The van der Waals surface area contributed by atoms with Crippen molar-refractivity contribution in [1.82, 2.24) is 10.1 Å². The zero-order valence-electron chi connectivity index (χ0n) is 12.7. The van der Waals surface area contributed by atoms with Gasteiger partial charge in [0.2, 0.25) is 5.89 Å². The van der Waals surface area contributed by atoms with Crippen LogP contribution in [0.4, 0.5) is 0 Å². The van der Waals surface area contributed by atoms with Gasteiger partial charge in [0.15, 0.2) is 5.82 Å². The number of aromatic nitrogens is 2. The van der Waals surface area contributed by atoms with Gasteiger partial charge in [0.25, 0.3) is 0 Å². The summed E-state index contributed by atoms with van der Waals surface area (Å²) in [5.41, 5.74) is 0.965. The number of ether oxygens (including phenoxy) is 2. The number of rotatable bonds is 4. The van der Waals surface area contributed by atoms with Gasteiger partial charge in [-0.1, -0.05) is 17.3 Å². The van der Waals surface area contributed by atoms with Crippen molar-refractivity contribution in [2.45, 2.75) is 37.0 Å². The average molecular weight is 300 g/mol. The van der Waals surface area contributed by atoms with Crippen molar-refractivity contribution < 1.29 is 14.0 Å². The highest BCUT2D eigenvalue weighted by atomic mass is 16.5. The Morgan fingerprint density at radius 3 is 2.50 bits per heavy atom. The van der Waals surface area contributed by atoms with E-state index < -0.39 is 0 Å². The molecule has 5 nitrogen and oxygen atoms in total. The Bertz CT molecular complexity index is 640. The number of methoxy groups -OCH3 is 1. The standard InChI is InChI=1S/C17H20N2O3/c1-20-14-6-4-13(5-7-14)17(8-10-21-11-9-17)16-18-15(19-22-16)12-2-3-12/h4-7,12H,2-3,8-11H2,1H3.